The van der Waals surface area contributed by atoms with Crippen molar-refractivity contribution >= 4 is 35.0 Å². The van der Waals surface area contributed by atoms with Crippen LogP contribution < -0.4 is 5.32 Å². The molecule has 0 aliphatic rings. The topological polar surface area (TPSA) is 133 Å². The number of nitro groups is 1. The van der Waals surface area contributed by atoms with Crippen LogP contribution in [0.3, 0.4) is 0 Å². The van der Waals surface area contributed by atoms with Crippen LogP contribution in [0.4, 0.5) is 11.4 Å². The molecule has 0 saturated heterocycles. The van der Waals surface area contributed by atoms with Crippen molar-refractivity contribution in [1.82, 2.24) is 0 Å². The first-order valence-corrected chi connectivity index (χ1v) is 6.37. The summed E-state index contributed by atoms with van der Waals surface area (Å²) in [5, 5.41) is 30.2. The highest BCUT2D eigenvalue weighted by Crippen LogP contribution is 2.22. The molecular formula is C11H9N3O5S. The third kappa shape index (κ3) is 4.25. The van der Waals surface area contributed by atoms with Crippen LogP contribution in [-0.2, 0) is 4.79 Å². The number of aromatic carboxylic acids is 1. The van der Waals surface area contributed by atoms with E-state index in [0.717, 1.165) is 30.0 Å². The van der Waals surface area contributed by atoms with Gasteiger partial charge in [0, 0.05) is 12.1 Å². The molecular weight excluding hydrogens is 286 g/mol. The fourth-order valence-corrected chi connectivity index (χ4v) is 1.76. The zero-order valence-electron chi connectivity index (χ0n) is 10.0. The molecule has 1 amide bonds. The first-order chi connectivity index (χ1) is 9.45. The summed E-state index contributed by atoms with van der Waals surface area (Å²) in [6, 6.07) is 4.99. The van der Waals surface area contributed by atoms with E-state index >= 15 is 0 Å². The van der Waals surface area contributed by atoms with Gasteiger partial charge in [0.25, 0.3) is 5.69 Å². The zero-order valence-corrected chi connectivity index (χ0v) is 10.8. The Bertz CT molecular complexity index is 596. The average Bonchev–Trinajstić information content (AvgIpc) is 2.38. The Balaban J connectivity index is 2.89. The monoisotopic (exact) mass is 295 g/mol. The zero-order chi connectivity index (χ0) is 15.1. The first kappa shape index (κ1) is 15.5. The Hall–Kier alpha value is -2.60. The number of carboxylic acid groups (broad SMARTS) is 1. The minimum atomic E-state index is -1.38. The molecule has 0 saturated carbocycles. The second-order valence-electron chi connectivity index (χ2n) is 3.49. The van der Waals surface area contributed by atoms with Gasteiger partial charge >= 0.3 is 5.97 Å². The summed E-state index contributed by atoms with van der Waals surface area (Å²) in [6.07, 6.45) is 0. The van der Waals surface area contributed by atoms with Crippen LogP contribution in [0, 0.1) is 21.4 Å². The molecule has 20 heavy (non-hydrogen) atoms. The van der Waals surface area contributed by atoms with Crippen molar-refractivity contribution in [2.24, 2.45) is 0 Å². The van der Waals surface area contributed by atoms with Crippen LogP contribution in [0.25, 0.3) is 0 Å². The number of non-ortho nitro benzene ring substituents is 1. The molecule has 0 unspecified atom stereocenters. The average molecular weight is 295 g/mol. The fourth-order valence-electron chi connectivity index (χ4n) is 1.31. The molecule has 0 aliphatic carbocycles. The van der Waals surface area contributed by atoms with Gasteiger partial charge in [0.05, 0.1) is 33.7 Å². The molecule has 0 spiro atoms. The van der Waals surface area contributed by atoms with E-state index in [1.807, 2.05) is 6.07 Å². The number of benzene rings is 1. The van der Waals surface area contributed by atoms with E-state index in [4.69, 9.17) is 10.4 Å². The van der Waals surface area contributed by atoms with Gasteiger partial charge in [-0.15, -0.1) is 11.8 Å². The Morgan fingerprint density at radius 2 is 2.20 bits per heavy atom. The minimum Gasteiger partial charge on any atom is -0.478 e. The molecule has 0 atom stereocenters. The number of rotatable bonds is 6. The van der Waals surface area contributed by atoms with Crippen molar-refractivity contribution < 1.29 is 19.6 Å². The van der Waals surface area contributed by atoms with Crippen LogP contribution in [0.15, 0.2) is 18.2 Å². The van der Waals surface area contributed by atoms with Gasteiger partial charge < -0.3 is 10.4 Å². The van der Waals surface area contributed by atoms with Gasteiger partial charge in [0.2, 0.25) is 5.91 Å². The van der Waals surface area contributed by atoms with Gasteiger partial charge in [0.15, 0.2) is 0 Å². The molecule has 0 bridgehead atoms. The molecule has 8 nitrogen and oxygen atoms in total. The highest BCUT2D eigenvalue weighted by molar-refractivity contribution is 8.00. The summed E-state index contributed by atoms with van der Waals surface area (Å²) < 4.78 is 0. The lowest BCUT2D eigenvalue weighted by molar-refractivity contribution is -0.384. The Labute approximate surface area is 117 Å². The van der Waals surface area contributed by atoms with Crippen LogP contribution in [0.5, 0.6) is 0 Å². The number of nitriles is 1. The number of hydrogen-bond donors (Lipinski definition) is 2. The molecule has 0 radical (unpaired) electrons. The number of hydrogen-bond acceptors (Lipinski definition) is 6. The standard InChI is InChI=1S/C11H9N3O5S/c12-3-4-20-6-10(15)13-9-2-1-7(14(18)19)5-8(9)11(16)17/h1-2,5H,4,6H2,(H,13,15)(H,16,17). The van der Waals surface area contributed by atoms with Crippen molar-refractivity contribution in [2.45, 2.75) is 0 Å². The molecule has 1 aromatic carbocycles. The maximum atomic E-state index is 11.5. The Morgan fingerprint density at radius 1 is 1.50 bits per heavy atom. The minimum absolute atomic E-state index is 0.0103. The van der Waals surface area contributed by atoms with Crippen molar-refractivity contribution in [2.75, 3.05) is 16.8 Å². The molecule has 0 aliphatic heterocycles. The molecule has 9 heteroatoms. The number of amides is 1. The van der Waals surface area contributed by atoms with E-state index in [9.17, 15) is 19.7 Å². The largest absolute Gasteiger partial charge is 0.478 e. The maximum absolute atomic E-state index is 11.5. The molecule has 0 aromatic heterocycles. The number of carbonyl (C=O) groups excluding carboxylic acids is 1. The van der Waals surface area contributed by atoms with Crippen molar-refractivity contribution in [3.63, 3.8) is 0 Å². The number of anilines is 1. The van der Waals surface area contributed by atoms with Gasteiger partial charge in [-0.1, -0.05) is 0 Å². The summed E-state index contributed by atoms with van der Waals surface area (Å²) in [6.45, 7) is 0. The third-order valence-corrected chi connectivity index (χ3v) is 2.92. The van der Waals surface area contributed by atoms with E-state index in [1.54, 1.807) is 0 Å². The number of carboxylic acids is 1. The molecule has 1 aromatic rings. The van der Waals surface area contributed by atoms with Gasteiger partial charge in [-0.3, -0.25) is 14.9 Å². The number of carbonyl (C=O) groups is 2. The maximum Gasteiger partial charge on any atom is 0.338 e. The van der Waals surface area contributed by atoms with Crippen molar-refractivity contribution in [1.29, 1.82) is 5.26 Å². The Morgan fingerprint density at radius 3 is 2.75 bits per heavy atom. The van der Waals surface area contributed by atoms with Crippen molar-refractivity contribution in [3.05, 3.63) is 33.9 Å². The quantitative estimate of drug-likeness (QED) is 0.461. The van der Waals surface area contributed by atoms with Gasteiger partial charge in [-0.2, -0.15) is 5.26 Å². The summed E-state index contributed by atoms with van der Waals surface area (Å²) in [5.41, 5.74) is -0.761. The second kappa shape index (κ2) is 7.10. The van der Waals surface area contributed by atoms with Crippen LogP contribution >= 0.6 is 11.8 Å². The molecule has 0 fully saturated rings. The molecule has 1 rings (SSSR count). The lowest BCUT2D eigenvalue weighted by Crippen LogP contribution is -2.17. The third-order valence-electron chi connectivity index (χ3n) is 2.12. The van der Waals surface area contributed by atoms with E-state index < -0.39 is 16.8 Å². The van der Waals surface area contributed by atoms with E-state index in [2.05, 4.69) is 5.32 Å². The Kier molecular flexibility index (Phi) is 5.49. The highest BCUT2D eigenvalue weighted by atomic mass is 32.2. The number of nitro benzene ring substituents is 1. The summed E-state index contributed by atoms with van der Waals surface area (Å²) >= 11 is 1.07. The van der Waals surface area contributed by atoms with Gasteiger partial charge in [-0.25, -0.2) is 4.79 Å². The van der Waals surface area contributed by atoms with Crippen LogP contribution in [0.2, 0.25) is 0 Å². The predicted octanol–water partition coefficient (Wildman–Crippen LogP) is 1.49. The van der Waals surface area contributed by atoms with E-state index in [0.29, 0.717) is 0 Å². The summed E-state index contributed by atoms with van der Waals surface area (Å²) in [4.78, 5) is 32.4. The molecule has 104 valence electrons. The predicted molar refractivity (Wildman–Crippen MR) is 71.6 cm³/mol. The highest BCUT2D eigenvalue weighted by Gasteiger charge is 2.17. The number of nitrogens with one attached hydrogen (secondary N) is 1. The van der Waals surface area contributed by atoms with Crippen molar-refractivity contribution in [3.8, 4) is 6.07 Å². The normalized spacial score (nSPS) is 9.55. The lowest BCUT2D eigenvalue weighted by atomic mass is 10.1. The lowest BCUT2D eigenvalue weighted by Gasteiger charge is -2.07. The number of nitrogens with zero attached hydrogens (tertiary/aromatic N) is 2. The summed E-state index contributed by atoms with van der Waals surface area (Å²) in [7, 11) is 0. The fraction of sp³-hybridized carbons (Fsp3) is 0.182. The second-order valence-corrected chi connectivity index (χ2v) is 4.48. The molecule has 2 N–H and O–H groups in total. The van der Waals surface area contributed by atoms with Gasteiger partial charge in [0.1, 0.15) is 0 Å². The number of thioether (sulfide) groups is 1. The first-order valence-electron chi connectivity index (χ1n) is 5.22. The van der Waals surface area contributed by atoms with E-state index in [1.165, 1.54) is 0 Å². The van der Waals surface area contributed by atoms with E-state index in [-0.39, 0.29) is 28.4 Å². The van der Waals surface area contributed by atoms with Gasteiger partial charge in [-0.05, 0) is 6.07 Å². The SMILES string of the molecule is N#CCSCC(=O)Nc1ccc([N+](=O)[O-])cc1C(=O)O. The van der Waals surface area contributed by atoms with Crippen LogP contribution in [-0.4, -0.2) is 33.4 Å². The smallest absolute Gasteiger partial charge is 0.338 e. The molecule has 0 heterocycles. The van der Waals surface area contributed by atoms with Crippen LogP contribution in [0.1, 0.15) is 10.4 Å². The summed E-state index contributed by atoms with van der Waals surface area (Å²) in [5.74, 6) is -1.74.